The molecular weight excluding hydrogens is 344 g/mol. The lowest BCUT2D eigenvalue weighted by atomic mass is 10.1. The minimum absolute atomic E-state index is 0.00695. The molecule has 0 aliphatic carbocycles. The van der Waals surface area contributed by atoms with E-state index >= 15 is 0 Å². The van der Waals surface area contributed by atoms with Crippen LogP contribution in [0.25, 0.3) is 0 Å². The van der Waals surface area contributed by atoms with E-state index in [1.54, 1.807) is 36.4 Å². The molecular formula is C21H26N2O4. The van der Waals surface area contributed by atoms with E-state index in [0.29, 0.717) is 17.9 Å². The molecule has 3 rings (SSSR count). The van der Waals surface area contributed by atoms with E-state index < -0.39 is 6.10 Å². The number of anilines is 1. The minimum atomic E-state index is -0.591. The molecule has 6 heteroatoms. The third-order valence-corrected chi connectivity index (χ3v) is 4.74. The Kier molecular flexibility index (Phi) is 6.32. The van der Waals surface area contributed by atoms with Crippen molar-refractivity contribution >= 4 is 11.5 Å². The molecule has 0 radical (unpaired) electrons. The number of hydrogen-bond donors (Lipinski definition) is 2. The quantitative estimate of drug-likeness (QED) is 0.728. The maximum atomic E-state index is 11.4. The molecule has 0 aromatic heterocycles. The predicted molar refractivity (Wildman–Crippen MR) is 105 cm³/mol. The van der Waals surface area contributed by atoms with E-state index in [0.717, 1.165) is 31.9 Å². The average molecular weight is 370 g/mol. The minimum Gasteiger partial charge on any atom is -0.508 e. The van der Waals surface area contributed by atoms with Gasteiger partial charge in [-0.3, -0.25) is 9.69 Å². The molecule has 0 spiro atoms. The number of ketones is 1. The van der Waals surface area contributed by atoms with E-state index in [4.69, 9.17) is 4.74 Å². The monoisotopic (exact) mass is 370 g/mol. The largest absolute Gasteiger partial charge is 0.508 e. The number of benzene rings is 2. The molecule has 27 heavy (non-hydrogen) atoms. The Labute approximate surface area is 159 Å². The van der Waals surface area contributed by atoms with Gasteiger partial charge in [0.1, 0.15) is 24.2 Å². The number of carbonyl (C=O) groups is 1. The van der Waals surface area contributed by atoms with Crippen molar-refractivity contribution in [1.29, 1.82) is 0 Å². The summed E-state index contributed by atoms with van der Waals surface area (Å²) in [6.07, 6.45) is -0.591. The highest BCUT2D eigenvalue weighted by Gasteiger charge is 2.20. The number of phenolic OH excluding ortho intramolecular Hbond substituents is 1. The first kappa shape index (κ1) is 19.2. The summed E-state index contributed by atoms with van der Waals surface area (Å²) in [5, 5.41) is 19.7. The molecule has 6 nitrogen and oxygen atoms in total. The summed E-state index contributed by atoms with van der Waals surface area (Å²) < 4.78 is 5.64. The SMILES string of the molecule is CC(=O)c1cccc(OC[C@@H](O)CN2CCN(c3ccc(O)cc3)CC2)c1. The van der Waals surface area contributed by atoms with Gasteiger partial charge in [-0.1, -0.05) is 12.1 Å². The zero-order chi connectivity index (χ0) is 19.2. The second-order valence-electron chi connectivity index (χ2n) is 6.85. The van der Waals surface area contributed by atoms with Crippen LogP contribution < -0.4 is 9.64 Å². The van der Waals surface area contributed by atoms with Gasteiger partial charge in [0.2, 0.25) is 0 Å². The molecule has 1 atom stereocenters. The summed E-state index contributed by atoms with van der Waals surface area (Å²) in [6.45, 7) is 5.73. The Balaban J connectivity index is 1.43. The van der Waals surface area contributed by atoms with Crippen LogP contribution >= 0.6 is 0 Å². The summed E-state index contributed by atoms with van der Waals surface area (Å²) in [5.41, 5.74) is 1.70. The molecule has 144 valence electrons. The highest BCUT2D eigenvalue weighted by Crippen LogP contribution is 2.20. The smallest absolute Gasteiger partial charge is 0.159 e. The van der Waals surface area contributed by atoms with Crippen molar-refractivity contribution in [2.24, 2.45) is 0 Å². The molecule has 1 fully saturated rings. The van der Waals surface area contributed by atoms with Crippen LogP contribution in [0.1, 0.15) is 17.3 Å². The highest BCUT2D eigenvalue weighted by atomic mass is 16.5. The first-order chi connectivity index (χ1) is 13.0. The van der Waals surface area contributed by atoms with Crippen molar-refractivity contribution in [3.8, 4) is 11.5 Å². The number of aliphatic hydroxyl groups is 1. The van der Waals surface area contributed by atoms with E-state index in [1.165, 1.54) is 6.92 Å². The third-order valence-electron chi connectivity index (χ3n) is 4.74. The molecule has 2 aromatic carbocycles. The maximum Gasteiger partial charge on any atom is 0.159 e. The van der Waals surface area contributed by atoms with Gasteiger partial charge < -0.3 is 19.8 Å². The summed E-state index contributed by atoms with van der Waals surface area (Å²) in [5.74, 6) is 0.862. The summed E-state index contributed by atoms with van der Waals surface area (Å²) >= 11 is 0. The third kappa shape index (κ3) is 5.45. The molecule has 1 aliphatic heterocycles. The number of hydrogen-bond acceptors (Lipinski definition) is 6. The van der Waals surface area contributed by atoms with E-state index in [1.807, 2.05) is 12.1 Å². The number of β-amino-alcohol motifs (C(OH)–C–C–N with tert-alkyl or cyclic N) is 1. The van der Waals surface area contributed by atoms with E-state index in [-0.39, 0.29) is 18.1 Å². The zero-order valence-electron chi connectivity index (χ0n) is 15.5. The molecule has 2 N–H and O–H groups in total. The van der Waals surface area contributed by atoms with Crippen LogP contribution in [0.4, 0.5) is 5.69 Å². The van der Waals surface area contributed by atoms with Gasteiger partial charge in [0.05, 0.1) is 0 Å². The van der Waals surface area contributed by atoms with Crippen LogP contribution in [0.15, 0.2) is 48.5 Å². The van der Waals surface area contributed by atoms with Crippen LogP contribution in [0, 0.1) is 0 Å². The van der Waals surface area contributed by atoms with Crippen molar-refractivity contribution in [2.45, 2.75) is 13.0 Å². The van der Waals surface area contributed by atoms with Gasteiger partial charge in [0.25, 0.3) is 0 Å². The average Bonchev–Trinajstić information content (AvgIpc) is 2.68. The lowest BCUT2D eigenvalue weighted by Gasteiger charge is -2.36. The van der Waals surface area contributed by atoms with Crippen molar-refractivity contribution in [2.75, 3.05) is 44.2 Å². The van der Waals surface area contributed by atoms with Gasteiger partial charge in [-0.25, -0.2) is 0 Å². The number of aliphatic hydroxyl groups excluding tert-OH is 1. The maximum absolute atomic E-state index is 11.4. The lowest BCUT2D eigenvalue weighted by molar-refractivity contribution is 0.0663. The van der Waals surface area contributed by atoms with Crippen LogP contribution in [0.5, 0.6) is 11.5 Å². The fourth-order valence-corrected chi connectivity index (χ4v) is 3.20. The van der Waals surface area contributed by atoms with Gasteiger partial charge in [-0.15, -0.1) is 0 Å². The van der Waals surface area contributed by atoms with Crippen LogP contribution in [-0.4, -0.2) is 66.3 Å². The van der Waals surface area contributed by atoms with Crippen molar-refractivity contribution in [3.05, 3.63) is 54.1 Å². The van der Waals surface area contributed by atoms with Gasteiger partial charge >= 0.3 is 0 Å². The predicted octanol–water partition coefficient (Wildman–Crippen LogP) is 2.16. The molecule has 1 heterocycles. The number of piperazine rings is 1. The number of nitrogens with zero attached hydrogens (tertiary/aromatic N) is 2. The van der Waals surface area contributed by atoms with Crippen molar-refractivity contribution in [3.63, 3.8) is 0 Å². The molecule has 1 saturated heterocycles. The van der Waals surface area contributed by atoms with E-state index in [9.17, 15) is 15.0 Å². The Morgan fingerprint density at radius 1 is 1.11 bits per heavy atom. The fraction of sp³-hybridized carbons (Fsp3) is 0.381. The van der Waals surface area contributed by atoms with Crippen LogP contribution in [0.3, 0.4) is 0 Å². The molecule has 0 saturated carbocycles. The second-order valence-corrected chi connectivity index (χ2v) is 6.85. The number of carbonyl (C=O) groups excluding carboxylic acids is 1. The number of ether oxygens (including phenoxy) is 1. The number of phenols is 1. The van der Waals surface area contributed by atoms with Gasteiger partial charge in [-0.05, 0) is 43.3 Å². The Morgan fingerprint density at radius 3 is 2.48 bits per heavy atom. The highest BCUT2D eigenvalue weighted by molar-refractivity contribution is 5.94. The van der Waals surface area contributed by atoms with Gasteiger partial charge in [-0.2, -0.15) is 0 Å². The Bertz CT molecular complexity index is 755. The first-order valence-electron chi connectivity index (χ1n) is 9.19. The molecule has 0 amide bonds. The van der Waals surface area contributed by atoms with Crippen molar-refractivity contribution in [1.82, 2.24) is 4.90 Å². The van der Waals surface area contributed by atoms with Gasteiger partial charge in [0.15, 0.2) is 5.78 Å². The van der Waals surface area contributed by atoms with Crippen molar-refractivity contribution < 1.29 is 19.7 Å². The normalized spacial score (nSPS) is 16.1. The lowest BCUT2D eigenvalue weighted by Crippen LogP contribution is -2.49. The number of rotatable bonds is 7. The fourth-order valence-electron chi connectivity index (χ4n) is 3.20. The summed E-state index contributed by atoms with van der Waals surface area (Å²) in [7, 11) is 0. The van der Waals surface area contributed by atoms with Gasteiger partial charge in [0, 0.05) is 44.0 Å². The summed E-state index contributed by atoms with van der Waals surface area (Å²) in [6, 6.07) is 14.3. The Hall–Kier alpha value is -2.57. The topological polar surface area (TPSA) is 73.2 Å². The molecule has 2 aromatic rings. The van der Waals surface area contributed by atoms with Crippen LogP contribution in [0.2, 0.25) is 0 Å². The molecule has 0 unspecified atom stereocenters. The van der Waals surface area contributed by atoms with E-state index in [2.05, 4.69) is 9.80 Å². The molecule has 0 bridgehead atoms. The number of aromatic hydroxyl groups is 1. The van der Waals surface area contributed by atoms with Crippen LogP contribution in [-0.2, 0) is 0 Å². The molecule has 1 aliphatic rings. The second kappa shape index (κ2) is 8.88. The standard InChI is InChI=1S/C21H26N2O4/c1-16(24)17-3-2-4-21(13-17)27-15-20(26)14-22-9-11-23(12-10-22)18-5-7-19(25)8-6-18/h2-8,13,20,25-26H,9-12,14-15H2,1H3/t20-/m0/s1. The zero-order valence-corrected chi connectivity index (χ0v) is 15.5. The Morgan fingerprint density at radius 2 is 1.81 bits per heavy atom. The summed E-state index contributed by atoms with van der Waals surface area (Å²) in [4.78, 5) is 15.9. The first-order valence-corrected chi connectivity index (χ1v) is 9.19. The number of Topliss-reactive ketones (excluding diaryl/α,β-unsaturated/α-hetero) is 1.